The fourth-order valence-electron chi connectivity index (χ4n) is 5.50. The van der Waals surface area contributed by atoms with E-state index in [0.29, 0.717) is 25.7 Å². The number of amides is 4. The van der Waals surface area contributed by atoms with Crippen LogP contribution in [0.15, 0.2) is 77.5 Å². The first-order valence-electron chi connectivity index (χ1n) is 12.5. The third-order valence-corrected chi connectivity index (χ3v) is 8.09. The van der Waals surface area contributed by atoms with Crippen molar-refractivity contribution >= 4 is 34.8 Å². The van der Waals surface area contributed by atoms with E-state index in [2.05, 4.69) is 26.6 Å². The van der Waals surface area contributed by atoms with Crippen molar-refractivity contribution in [2.45, 2.75) is 50.4 Å². The van der Waals surface area contributed by atoms with Crippen LogP contribution in [0.5, 0.6) is 0 Å². The molecule has 35 heavy (non-hydrogen) atoms. The molecule has 6 nitrogen and oxygen atoms in total. The minimum Gasteiger partial charge on any atom is -0.320 e. The van der Waals surface area contributed by atoms with Crippen molar-refractivity contribution in [3.63, 3.8) is 0 Å². The highest BCUT2D eigenvalue weighted by Gasteiger charge is 2.47. The monoisotopic (exact) mass is 486 g/mol. The van der Waals surface area contributed by atoms with Crippen LogP contribution in [0.3, 0.4) is 0 Å². The molecule has 2 atom stereocenters. The van der Waals surface area contributed by atoms with E-state index in [0.717, 1.165) is 37.1 Å². The molecule has 2 bridgehead atoms. The molecule has 2 unspecified atom stereocenters. The average Bonchev–Trinajstić information content (AvgIpc) is 3.54. The summed E-state index contributed by atoms with van der Waals surface area (Å²) < 4.78 is 0. The maximum Gasteiger partial charge on any atom is 0.329 e. The van der Waals surface area contributed by atoms with Gasteiger partial charge in [-0.3, -0.25) is 4.90 Å². The van der Waals surface area contributed by atoms with Gasteiger partial charge < -0.3 is 14.7 Å². The standard InChI is InChI=1S/C28H30N4O2S/c33-27(31(23-7-3-1-4-8-23)24-9-5-2-6-10-24)29-18-25-13-14-26(19-29)32(25)28(34)30(22-11-12-22)17-21-15-16-35-20-21/h1-10,15-16,20,22,25-26H,11-14,17-19H2. The van der Waals surface area contributed by atoms with Gasteiger partial charge in [0.15, 0.2) is 0 Å². The number of nitrogens with zero attached hydrogens (tertiary/aromatic N) is 4. The summed E-state index contributed by atoms with van der Waals surface area (Å²) in [5, 5.41) is 4.21. The van der Waals surface area contributed by atoms with E-state index in [9.17, 15) is 9.59 Å². The molecule has 4 amide bonds. The molecule has 3 heterocycles. The highest BCUT2D eigenvalue weighted by molar-refractivity contribution is 7.07. The molecule has 7 heteroatoms. The zero-order chi connectivity index (χ0) is 23.8. The molecule has 0 radical (unpaired) electrons. The zero-order valence-corrected chi connectivity index (χ0v) is 20.5. The lowest BCUT2D eigenvalue weighted by Gasteiger charge is -2.44. The molecule has 6 rings (SSSR count). The van der Waals surface area contributed by atoms with E-state index in [1.54, 1.807) is 16.2 Å². The van der Waals surface area contributed by atoms with E-state index >= 15 is 0 Å². The molecule has 2 saturated heterocycles. The highest BCUT2D eigenvalue weighted by atomic mass is 32.1. The highest BCUT2D eigenvalue weighted by Crippen LogP contribution is 2.37. The van der Waals surface area contributed by atoms with Crippen LogP contribution in [-0.2, 0) is 6.54 Å². The van der Waals surface area contributed by atoms with Gasteiger partial charge in [0.25, 0.3) is 0 Å². The topological polar surface area (TPSA) is 47.1 Å². The van der Waals surface area contributed by atoms with Crippen LogP contribution >= 0.6 is 11.3 Å². The van der Waals surface area contributed by atoms with Crippen molar-refractivity contribution in [3.8, 4) is 0 Å². The number of hydrogen-bond donors (Lipinski definition) is 0. The quantitative estimate of drug-likeness (QED) is 0.448. The average molecular weight is 487 g/mol. The van der Waals surface area contributed by atoms with Gasteiger partial charge in [-0.05, 0) is 72.3 Å². The maximum absolute atomic E-state index is 13.9. The van der Waals surface area contributed by atoms with Gasteiger partial charge in [-0.25, -0.2) is 9.59 Å². The Bertz CT molecular complexity index is 1110. The number of thiophene rings is 1. The summed E-state index contributed by atoms with van der Waals surface area (Å²) in [6, 6.07) is 22.4. The Morgan fingerprint density at radius 3 is 1.91 bits per heavy atom. The van der Waals surface area contributed by atoms with E-state index in [-0.39, 0.29) is 24.1 Å². The van der Waals surface area contributed by atoms with Crippen LogP contribution < -0.4 is 4.90 Å². The van der Waals surface area contributed by atoms with Crippen molar-refractivity contribution < 1.29 is 9.59 Å². The van der Waals surface area contributed by atoms with Crippen molar-refractivity contribution in [1.29, 1.82) is 0 Å². The fraction of sp³-hybridized carbons (Fsp3) is 0.357. The van der Waals surface area contributed by atoms with Gasteiger partial charge in [-0.15, -0.1) is 0 Å². The first kappa shape index (κ1) is 22.2. The minimum atomic E-state index is -0.0243. The molecule has 1 aliphatic carbocycles. The lowest BCUT2D eigenvalue weighted by Crippen LogP contribution is -2.61. The summed E-state index contributed by atoms with van der Waals surface area (Å²) in [6.07, 6.45) is 4.08. The second-order valence-electron chi connectivity index (χ2n) is 9.76. The van der Waals surface area contributed by atoms with Gasteiger partial charge in [0.2, 0.25) is 0 Å². The molecule has 3 aromatic rings. The lowest BCUT2D eigenvalue weighted by atomic mass is 10.2. The molecular weight excluding hydrogens is 456 g/mol. The summed E-state index contributed by atoms with van der Waals surface area (Å²) in [4.78, 5) is 35.6. The number of anilines is 2. The second-order valence-corrected chi connectivity index (χ2v) is 10.5. The number of rotatable bonds is 5. The number of hydrogen-bond acceptors (Lipinski definition) is 3. The molecule has 3 fully saturated rings. The number of para-hydroxylation sites is 2. The predicted molar refractivity (Wildman–Crippen MR) is 139 cm³/mol. The van der Waals surface area contributed by atoms with Gasteiger partial charge in [0.1, 0.15) is 0 Å². The van der Waals surface area contributed by atoms with Crippen LogP contribution in [0, 0.1) is 0 Å². The Kier molecular flexibility index (Phi) is 5.94. The summed E-state index contributed by atoms with van der Waals surface area (Å²) in [6.45, 7) is 1.84. The molecule has 2 aromatic carbocycles. The zero-order valence-electron chi connectivity index (χ0n) is 19.7. The second kappa shape index (κ2) is 9.38. The van der Waals surface area contributed by atoms with Crippen molar-refractivity contribution in [3.05, 3.63) is 83.1 Å². The van der Waals surface area contributed by atoms with Gasteiger partial charge in [0, 0.05) is 25.7 Å². The normalized spacial score (nSPS) is 21.1. The van der Waals surface area contributed by atoms with Crippen LogP contribution in [0.1, 0.15) is 31.2 Å². The van der Waals surface area contributed by atoms with E-state index in [1.165, 1.54) is 5.56 Å². The molecule has 180 valence electrons. The number of carbonyl (C=O) groups excluding carboxylic acids is 2. The van der Waals surface area contributed by atoms with Gasteiger partial charge in [-0.2, -0.15) is 11.3 Å². The Labute approximate surface area is 210 Å². The lowest BCUT2D eigenvalue weighted by molar-refractivity contribution is 0.0790. The van der Waals surface area contributed by atoms with E-state index < -0.39 is 0 Å². The summed E-state index contributed by atoms with van der Waals surface area (Å²) in [5.74, 6) is 0. The Hall–Kier alpha value is -3.32. The molecule has 3 aliphatic rings. The maximum atomic E-state index is 13.9. The number of likely N-dealkylation sites (tertiary alicyclic amines) is 1. The van der Waals surface area contributed by atoms with Crippen molar-refractivity contribution in [2.24, 2.45) is 0 Å². The van der Waals surface area contributed by atoms with Gasteiger partial charge in [-0.1, -0.05) is 36.4 Å². The van der Waals surface area contributed by atoms with Crippen molar-refractivity contribution in [2.75, 3.05) is 18.0 Å². The first-order valence-corrected chi connectivity index (χ1v) is 13.4. The summed E-state index contributed by atoms with van der Waals surface area (Å²) in [7, 11) is 0. The number of piperazine rings is 1. The van der Waals surface area contributed by atoms with Crippen LogP contribution in [-0.4, -0.2) is 58.0 Å². The SMILES string of the molecule is O=C(N1CC2CCC(C1)N2C(=O)N(Cc1ccsc1)C1CC1)N(c1ccccc1)c1ccccc1. The third-order valence-electron chi connectivity index (χ3n) is 7.36. The largest absolute Gasteiger partial charge is 0.329 e. The number of urea groups is 2. The van der Waals surface area contributed by atoms with Crippen LogP contribution in [0.25, 0.3) is 0 Å². The number of benzene rings is 2. The molecule has 0 spiro atoms. The first-order chi connectivity index (χ1) is 17.2. The number of carbonyl (C=O) groups is 2. The minimum absolute atomic E-state index is 0.0243. The number of fused-ring (bicyclic) bond motifs is 2. The Morgan fingerprint density at radius 1 is 0.800 bits per heavy atom. The van der Waals surface area contributed by atoms with Gasteiger partial charge in [0.05, 0.1) is 23.5 Å². The third kappa shape index (κ3) is 4.41. The van der Waals surface area contributed by atoms with Crippen LogP contribution in [0.4, 0.5) is 21.0 Å². The van der Waals surface area contributed by atoms with Crippen molar-refractivity contribution in [1.82, 2.24) is 14.7 Å². The smallest absolute Gasteiger partial charge is 0.320 e. The molecule has 1 aromatic heterocycles. The van der Waals surface area contributed by atoms with E-state index in [4.69, 9.17) is 0 Å². The Balaban J connectivity index is 1.21. The molecule has 0 N–H and O–H groups in total. The van der Waals surface area contributed by atoms with Gasteiger partial charge >= 0.3 is 12.1 Å². The molecule has 1 saturated carbocycles. The summed E-state index contributed by atoms with van der Waals surface area (Å²) >= 11 is 1.68. The Morgan fingerprint density at radius 2 is 1.40 bits per heavy atom. The molecular formula is C28H30N4O2S. The fourth-order valence-corrected chi connectivity index (χ4v) is 6.16. The molecule has 2 aliphatic heterocycles. The predicted octanol–water partition coefficient (Wildman–Crippen LogP) is 5.94. The van der Waals surface area contributed by atoms with Crippen LogP contribution in [0.2, 0.25) is 0 Å². The van der Waals surface area contributed by atoms with E-state index in [1.807, 2.05) is 65.6 Å². The summed E-state index contributed by atoms with van der Waals surface area (Å²) in [5.41, 5.74) is 2.91.